The van der Waals surface area contributed by atoms with Crippen molar-refractivity contribution in [3.8, 4) is 5.75 Å². The van der Waals surface area contributed by atoms with Crippen LogP contribution in [0.25, 0.3) is 11.0 Å². The van der Waals surface area contributed by atoms with E-state index in [4.69, 9.17) is 13.9 Å². The van der Waals surface area contributed by atoms with Gasteiger partial charge in [-0.25, -0.2) is 4.79 Å². The van der Waals surface area contributed by atoms with Gasteiger partial charge in [0.2, 0.25) is 0 Å². The van der Waals surface area contributed by atoms with Gasteiger partial charge in [-0.2, -0.15) is 0 Å². The normalized spacial score (nSPS) is 10.8. The predicted octanol–water partition coefficient (Wildman–Crippen LogP) is 4.48. The maximum atomic E-state index is 13.1. The van der Waals surface area contributed by atoms with Gasteiger partial charge in [0.25, 0.3) is 0 Å². The number of ether oxygens (including phenoxy) is 2. The van der Waals surface area contributed by atoms with Crippen LogP contribution in [-0.4, -0.2) is 25.0 Å². The molecule has 5 nitrogen and oxygen atoms in total. The molecule has 0 spiro atoms. The molecule has 140 valence electrons. The minimum atomic E-state index is -0.422. The Morgan fingerprint density at radius 2 is 1.85 bits per heavy atom. The largest absolute Gasteiger partial charge is 0.482 e. The van der Waals surface area contributed by atoms with Crippen LogP contribution in [0.5, 0.6) is 5.75 Å². The second-order valence-corrected chi connectivity index (χ2v) is 6.15. The summed E-state index contributed by atoms with van der Waals surface area (Å²) in [5.74, 6) is 0.722. The topological polar surface area (TPSA) is 65.7 Å². The van der Waals surface area contributed by atoms with Crippen molar-refractivity contribution >= 4 is 22.7 Å². The summed E-state index contributed by atoms with van der Waals surface area (Å²) in [4.78, 5) is 24.6. The molecule has 0 radical (unpaired) electrons. The molecule has 0 fully saturated rings. The van der Waals surface area contributed by atoms with Crippen LogP contribution < -0.4 is 4.74 Å². The number of fused-ring (bicyclic) bond motifs is 1. The lowest BCUT2D eigenvalue weighted by atomic mass is 9.98. The van der Waals surface area contributed by atoms with Gasteiger partial charge < -0.3 is 13.9 Å². The van der Waals surface area contributed by atoms with Gasteiger partial charge >= 0.3 is 5.97 Å². The van der Waals surface area contributed by atoms with Crippen LogP contribution in [-0.2, 0) is 16.0 Å². The van der Waals surface area contributed by atoms with Crippen molar-refractivity contribution in [3.63, 3.8) is 0 Å². The van der Waals surface area contributed by atoms with E-state index < -0.39 is 5.97 Å². The van der Waals surface area contributed by atoms with Crippen LogP contribution in [0.15, 0.2) is 46.9 Å². The fraction of sp³-hybridized carbons (Fsp3) is 0.273. The van der Waals surface area contributed by atoms with E-state index in [1.54, 1.807) is 25.1 Å². The zero-order valence-corrected chi connectivity index (χ0v) is 15.7. The summed E-state index contributed by atoms with van der Waals surface area (Å²) in [5.41, 5.74) is 2.64. The summed E-state index contributed by atoms with van der Waals surface area (Å²) in [7, 11) is 0. The lowest BCUT2D eigenvalue weighted by Gasteiger charge is -2.10. The van der Waals surface area contributed by atoms with E-state index in [-0.39, 0.29) is 12.4 Å². The van der Waals surface area contributed by atoms with E-state index >= 15 is 0 Å². The van der Waals surface area contributed by atoms with Crippen LogP contribution in [0.3, 0.4) is 0 Å². The minimum absolute atomic E-state index is 0.0863. The third-order valence-corrected chi connectivity index (χ3v) is 4.30. The van der Waals surface area contributed by atoms with Crippen molar-refractivity contribution in [2.45, 2.75) is 27.2 Å². The van der Waals surface area contributed by atoms with E-state index in [0.29, 0.717) is 41.2 Å². The Balaban J connectivity index is 1.88. The van der Waals surface area contributed by atoms with E-state index in [9.17, 15) is 9.59 Å². The summed E-state index contributed by atoms with van der Waals surface area (Å²) in [6.45, 7) is 5.70. The number of hydrogen-bond acceptors (Lipinski definition) is 5. The second-order valence-electron chi connectivity index (χ2n) is 6.15. The number of para-hydroxylation sites is 1. The molecule has 3 aromatic rings. The quantitative estimate of drug-likeness (QED) is 0.456. The molecule has 0 aliphatic rings. The highest BCUT2D eigenvalue weighted by Gasteiger charge is 2.21. The summed E-state index contributed by atoms with van der Waals surface area (Å²) in [6, 6.07) is 12.7. The monoisotopic (exact) mass is 366 g/mol. The van der Waals surface area contributed by atoms with Crippen molar-refractivity contribution in [3.05, 3.63) is 64.9 Å². The number of aryl methyl sites for hydroxylation is 2. The maximum Gasteiger partial charge on any atom is 0.344 e. The third kappa shape index (κ3) is 3.87. The van der Waals surface area contributed by atoms with Crippen molar-refractivity contribution in [1.82, 2.24) is 0 Å². The summed E-state index contributed by atoms with van der Waals surface area (Å²) >= 11 is 0. The molecular weight excluding hydrogens is 344 g/mol. The first kappa shape index (κ1) is 18.7. The molecule has 0 amide bonds. The van der Waals surface area contributed by atoms with Crippen LogP contribution in [0.2, 0.25) is 0 Å². The van der Waals surface area contributed by atoms with Crippen molar-refractivity contribution < 1.29 is 23.5 Å². The maximum absolute atomic E-state index is 13.1. The van der Waals surface area contributed by atoms with Crippen LogP contribution in [0.4, 0.5) is 0 Å². The molecule has 0 saturated heterocycles. The molecular formula is C22H22O5. The van der Waals surface area contributed by atoms with Gasteiger partial charge in [-0.15, -0.1) is 0 Å². The standard InChI is InChI=1S/C22H22O5/c1-4-17-21(16-8-6-7-9-19(16)27-17)22(24)15-10-11-18(14(3)12-15)26-13-20(23)25-5-2/h6-12H,4-5,13H2,1-3H3. The Hall–Kier alpha value is -3.08. The molecule has 2 aromatic carbocycles. The fourth-order valence-corrected chi connectivity index (χ4v) is 3.03. The van der Waals surface area contributed by atoms with Gasteiger partial charge in [-0.05, 0) is 43.7 Å². The molecule has 0 aliphatic carbocycles. The van der Waals surface area contributed by atoms with Gasteiger partial charge in [0.1, 0.15) is 17.1 Å². The molecule has 0 N–H and O–H groups in total. The number of ketones is 1. The highest BCUT2D eigenvalue weighted by atomic mass is 16.6. The highest BCUT2D eigenvalue weighted by molar-refractivity contribution is 6.17. The summed E-state index contributed by atoms with van der Waals surface area (Å²) in [5, 5.41) is 0.819. The van der Waals surface area contributed by atoms with Crippen molar-refractivity contribution in [1.29, 1.82) is 0 Å². The zero-order valence-electron chi connectivity index (χ0n) is 15.7. The Morgan fingerprint density at radius 3 is 2.56 bits per heavy atom. The van der Waals surface area contributed by atoms with Crippen LogP contribution in [0.1, 0.15) is 41.1 Å². The average Bonchev–Trinajstić information content (AvgIpc) is 3.05. The Bertz CT molecular complexity index is 984. The lowest BCUT2D eigenvalue weighted by molar-refractivity contribution is -0.145. The molecule has 5 heteroatoms. The van der Waals surface area contributed by atoms with E-state index in [1.165, 1.54) is 0 Å². The van der Waals surface area contributed by atoms with E-state index in [1.807, 2.05) is 38.1 Å². The molecule has 1 aromatic heterocycles. The number of carbonyl (C=O) groups is 2. The van der Waals surface area contributed by atoms with Crippen molar-refractivity contribution in [2.24, 2.45) is 0 Å². The van der Waals surface area contributed by atoms with E-state index in [0.717, 1.165) is 10.9 Å². The molecule has 0 aliphatic heterocycles. The number of carbonyl (C=O) groups excluding carboxylic acids is 2. The van der Waals surface area contributed by atoms with Gasteiger partial charge in [0, 0.05) is 17.4 Å². The SMILES string of the molecule is CCOC(=O)COc1ccc(C(=O)c2c(CC)oc3ccccc23)cc1C. The van der Waals surface area contributed by atoms with Gasteiger partial charge in [0.05, 0.1) is 12.2 Å². The minimum Gasteiger partial charge on any atom is -0.482 e. The molecule has 0 atom stereocenters. The molecule has 0 unspecified atom stereocenters. The molecule has 27 heavy (non-hydrogen) atoms. The number of benzene rings is 2. The summed E-state index contributed by atoms with van der Waals surface area (Å²) < 4.78 is 16.2. The number of rotatable bonds is 7. The summed E-state index contributed by atoms with van der Waals surface area (Å²) in [6.07, 6.45) is 0.634. The molecule has 0 saturated carbocycles. The smallest absolute Gasteiger partial charge is 0.344 e. The predicted molar refractivity (Wildman–Crippen MR) is 102 cm³/mol. The van der Waals surface area contributed by atoms with Gasteiger partial charge in [-0.3, -0.25) is 4.79 Å². The number of esters is 1. The first-order valence-electron chi connectivity index (χ1n) is 8.99. The van der Waals surface area contributed by atoms with Crippen molar-refractivity contribution in [2.75, 3.05) is 13.2 Å². The van der Waals surface area contributed by atoms with E-state index in [2.05, 4.69) is 0 Å². The Labute approximate surface area is 157 Å². The zero-order chi connectivity index (χ0) is 19.4. The average molecular weight is 366 g/mol. The fourth-order valence-electron chi connectivity index (χ4n) is 3.03. The van der Waals surface area contributed by atoms with Crippen LogP contribution in [0, 0.1) is 6.92 Å². The molecule has 1 heterocycles. The van der Waals surface area contributed by atoms with Gasteiger partial charge in [-0.1, -0.05) is 25.1 Å². The molecule has 0 bridgehead atoms. The first-order valence-corrected chi connectivity index (χ1v) is 8.99. The number of hydrogen-bond donors (Lipinski definition) is 0. The highest BCUT2D eigenvalue weighted by Crippen LogP contribution is 2.29. The Morgan fingerprint density at radius 1 is 1.07 bits per heavy atom. The van der Waals surface area contributed by atoms with Crippen LogP contribution >= 0.6 is 0 Å². The second kappa shape index (κ2) is 8.08. The third-order valence-electron chi connectivity index (χ3n) is 4.30. The first-order chi connectivity index (χ1) is 13.0. The molecule has 3 rings (SSSR count). The Kier molecular flexibility index (Phi) is 5.60. The number of furan rings is 1. The van der Waals surface area contributed by atoms with Gasteiger partial charge in [0.15, 0.2) is 12.4 Å². The lowest BCUT2D eigenvalue weighted by Crippen LogP contribution is -2.15.